The van der Waals surface area contributed by atoms with Crippen molar-refractivity contribution < 1.29 is 43.3 Å². The van der Waals surface area contributed by atoms with E-state index in [-0.39, 0.29) is 31.8 Å². The van der Waals surface area contributed by atoms with Gasteiger partial charge in [0.05, 0.1) is 6.04 Å². The first-order chi connectivity index (χ1) is 22.3. The fourth-order valence-electron chi connectivity index (χ4n) is 5.91. The minimum Gasteiger partial charge on any atom is -0.462 e. The van der Waals surface area contributed by atoms with Crippen LogP contribution in [0.3, 0.4) is 0 Å². The molecule has 1 aromatic carbocycles. The van der Waals surface area contributed by atoms with Gasteiger partial charge in [0.15, 0.2) is 6.10 Å². The van der Waals surface area contributed by atoms with E-state index < -0.39 is 65.8 Å². The lowest BCUT2D eigenvalue weighted by Crippen LogP contribution is -2.58. The van der Waals surface area contributed by atoms with Crippen LogP contribution in [0.5, 0.6) is 0 Å². The molecular weight excluding hydrogens is 606 g/mol. The molecule has 1 heterocycles. The minimum absolute atomic E-state index is 0.107. The van der Waals surface area contributed by atoms with Crippen LogP contribution in [0, 0.1) is 5.92 Å². The smallest absolute Gasteiger partial charge is 0.408 e. The van der Waals surface area contributed by atoms with Crippen molar-refractivity contribution >= 4 is 29.8 Å². The van der Waals surface area contributed by atoms with Gasteiger partial charge in [-0.15, -0.1) is 0 Å². The number of ether oxygens (including phenoxy) is 3. The molecule has 1 saturated heterocycles. The number of carbonyl (C=O) groups is 5. The number of rotatable bonds is 10. The number of aliphatic hydroxyl groups excluding tert-OH is 1. The average molecular weight is 660 g/mol. The quantitative estimate of drug-likeness (QED) is 0.215. The molecule has 0 spiro atoms. The predicted molar refractivity (Wildman–Crippen MR) is 174 cm³/mol. The number of amides is 3. The summed E-state index contributed by atoms with van der Waals surface area (Å²) in [6.07, 6.45) is 3.95. The standard InChI is InChI=1S/C35H53N3O9/c1-5-6-17-25-22-45-29(39)19-18-26(31(41)37-27(30(40)33(43)46-25)20-23-13-9-7-10-14-23)36-32(42)28(21-24-15-11-8-12-16-24)38-34(44)47-35(2,3)4/h8,11-12,15-16,23,25-28,30,40H,5-7,9-10,13-14,17-22H2,1-4H3,(H,36,42)(H,37,41)(H,38,44)/t25?,26-,27-,28-,30+/m0/s1. The van der Waals surface area contributed by atoms with E-state index in [1.54, 1.807) is 20.8 Å². The van der Waals surface area contributed by atoms with E-state index in [2.05, 4.69) is 16.0 Å². The molecular formula is C35H53N3O9. The van der Waals surface area contributed by atoms with Gasteiger partial charge in [-0.05, 0) is 57.9 Å². The third-order valence-corrected chi connectivity index (χ3v) is 8.42. The molecule has 1 aliphatic carbocycles. The van der Waals surface area contributed by atoms with E-state index in [1.165, 1.54) is 0 Å². The van der Waals surface area contributed by atoms with Gasteiger partial charge < -0.3 is 35.3 Å². The Kier molecular flexibility index (Phi) is 15.0. The topological polar surface area (TPSA) is 169 Å². The second-order valence-electron chi connectivity index (χ2n) is 13.7. The number of unbranched alkanes of at least 4 members (excludes halogenated alkanes) is 1. The van der Waals surface area contributed by atoms with E-state index in [4.69, 9.17) is 14.2 Å². The lowest BCUT2D eigenvalue weighted by molar-refractivity contribution is -0.168. The maximum Gasteiger partial charge on any atom is 0.408 e. The van der Waals surface area contributed by atoms with Crippen molar-refractivity contribution in [3.8, 4) is 0 Å². The molecule has 47 heavy (non-hydrogen) atoms. The molecule has 0 aromatic heterocycles. The average Bonchev–Trinajstić information content (AvgIpc) is 3.03. The van der Waals surface area contributed by atoms with Gasteiger partial charge in [-0.25, -0.2) is 9.59 Å². The molecule has 3 rings (SSSR count). The Hall–Kier alpha value is -3.67. The number of esters is 2. The summed E-state index contributed by atoms with van der Waals surface area (Å²) in [5, 5.41) is 19.3. The van der Waals surface area contributed by atoms with Crippen molar-refractivity contribution in [1.29, 1.82) is 0 Å². The molecule has 1 aromatic rings. The largest absolute Gasteiger partial charge is 0.462 e. The molecule has 0 bridgehead atoms. The van der Waals surface area contributed by atoms with E-state index in [0.717, 1.165) is 50.5 Å². The summed E-state index contributed by atoms with van der Waals surface area (Å²) in [7, 11) is 0. The van der Waals surface area contributed by atoms with Crippen LogP contribution < -0.4 is 16.0 Å². The summed E-state index contributed by atoms with van der Waals surface area (Å²) in [6, 6.07) is 5.74. The first-order valence-corrected chi connectivity index (χ1v) is 17.0. The second-order valence-corrected chi connectivity index (χ2v) is 13.7. The summed E-state index contributed by atoms with van der Waals surface area (Å²) in [4.78, 5) is 66.2. The highest BCUT2D eigenvalue weighted by atomic mass is 16.6. The maximum atomic E-state index is 13.8. The summed E-state index contributed by atoms with van der Waals surface area (Å²) in [5.41, 5.74) is -0.0478. The monoisotopic (exact) mass is 659 g/mol. The highest BCUT2D eigenvalue weighted by Crippen LogP contribution is 2.28. The highest BCUT2D eigenvalue weighted by molar-refractivity contribution is 5.92. The highest BCUT2D eigenvalue weighted by Gasteiger charge is 2.36. The van der Waals surface area contributed by atoms with E-state index in [1.807, 2.05) is 37.3 Å². The Bertz CT molecular complexity index is 1180. The number of hydrogen-bond acceptors (Lipinski definition) is 9. The molecule has 262 valence electrons. The predicted octanol–water partition coefficient (Wildman–Crippen LogP) is 3.86. The van der Waals surface area contributed by atoms with Crippen LogP contribution in [0.25, 0.3) is 0 Å². The third-order valence-electron chi connectivity index (χ3n) is 8.42. The molecule has 5 atom stereocenters. The van der Waals surface area contributed by atoms with Gasteiger partial charge in [-0.3, -0.25) is 14.4 Å². The molecule has 2 aliphatic rings. The van der Waals surface area contributed by atoms with Gasteiger partial charge in [0.1, 0.15) is 30.4 Å². The molecule has 1 aliphatic heterocycles. The van der Waals surface area contributed by atoms with Crippen LogP contribution >= 0.6 is 0 Å². The lowest BCUT2D eigenvalue weighted by Gasteiger charge is -2.31. The number of alkyl carbamates (subject to hydrolysis) is 1. The number of nitrogens with one attached hydrogen (secondary N) is 3. The van der Waals surface area contributed by atoms with Crippen LogP contribution in [0.15, 0.2) is 30.3 Å². The molecule has 1 unspecified atom stereocenters. The Morgan fingerprint density at radius 1 is 1.06 bits per heavy atom. The summed E-state index contributed by atoms with van der Waals surface area (Å²) in [5.74, 6) is -2.67. The molecule has 4 N–H and O–H groups in total. The normalized spacial score (nSPS) is 24.2. The number of hydrogen-bond donors (Lipinski definition) is 4. The molecule has 12 heteroatoms. The zero-order chi connectivity index (χ0) is 34.4. The molecule has 0 radical (unpaired) electrons. The Morgan fingerprint density at radius 2 is 1.77 bits per heavy atom. The van der Waals surface area contributed by atoms with Crippen molar-refractivity contribution in [2.75, 3.05) is 6.61 Å². The van der Waals surface area contributed by atoms with E-state index in [0.29, 0.717) is 12.8 Å². The summed E-state index contributed by atoms with van der Waals surface area (Å²) >= 11 is 0. The van der Waals surface area contributed by atoms with Gasteiger partial charge in [0.2, 0.25) is 11.8 Å². The number of benzene rings is 1. The van der Waals surface area contributed by atoms with E-state index in [9.17, 15) is 29.1 Å². The van der Waals surface area contributed by atoms with Crippen molar-refractivity contribution in [2.45, 2.75) is 141 Å². The van der Waals surface area contributed by atoms with Crippen LogP contribution in [0.1, 0.15) is 104 Å². The Morgan fingerprint density at radius 3 is 2.43 bits per heavy atom. The molecule has 2 fully saturated rings. The van der Waals surface area contributed by atoms with Gasteiger partial charge in [0, 0.05) is 12.8 Å². The van der Waals surface area contributed by atoms with Crippen LogP contribution in [-0.2, 0) is 39.8 Å². The minimum atomic E-state index is -1.66. The van der Waals surface area contributed by atoms with Crippen LogP contribution in [0.2, 0.25) is 0 Å². The second kappa shape index (κ2) is 18.6. The zero-order valence-corrected chi connectivity index (χ0v) is 28.3. The van der Waals surface area contributed by atoms with Gasteiger partial charge in [0.25, 0.3) is 0 Å². The number of carbonyl (C=O) groups excluding carboxylic acids is 5. The Labute approximate surface area is 278 Å². The van der Waals surface area contributed by atoms with Gasteiger partial charge >= 0.3 is 18.0 Å². The Balaban J connectivity index is 1.86. The third kappa shape index (κ3) is 13.5. The first-order valence-electron chi connectivity index (χ1n) is 17.0. The molecule has 3 amide bonds. The molecule has 1 saturated carbocycles. The van der Waals surface area contributed by atoms with Crippen LogP contribution in [0.4, 0.5) is 4.79 Å². The van der Waals surface area contributed by atoms with Crippen LogP contribution in [-0.4, -0.2) is 77.5 Å². The van der Waals surface area contributed by atoms with Crippen molar-refractivity contribution in [1.82, 2.24) is 16.0 Å². The zero-order valence-electron chi connectivity index (χ0n) is 28.3. The van der Waals surface area contributed by atoms with E-state index >= 15 is 0 Å². The van der Waals surface area contributed by atoms with Crippen molar-refractivity contribution in [2.24, 2.45) is 5.92 Å². The number of aliphatic hydroxyl groups is 1. The fraction of sp³-hybridized carbons (Fsp3) is 0.686. The van der Waals surface area contributed by atoms with Crippen molar-refractivity contribution in [3.63, 3.8) is 0 Å². The molecule has 12 nitrogen and oxygen atoms in total. The van der Waals surface area contributed by atoms with Gasteiger partial charge in [-0.1, -0.05) is 75.8 Å². The maximum absolute atomic E-state index is 13.8. The first kappa shape index (κ1) is 37.8. The number of cyclic esters (lactones) is 2. The van der Waals surface area contributed by atoms with Gasteiger partial charge in [-0.2, -0.15) is 0 Å². The fourth-order valence-corrected chi connectivity index (χ4v) is 5.91. The van der Waals surface area contributed by atoms with Crippen molar-refractivity contribution in [3.05, 3.63) is 35.9 Å². The lowest BCUT2D eigenvalue weighted by atomic mass is 9.83. The SMILES string of the molecule is CCCCC1COC(=O)CC[C@H](NC(=O)[C@H](Cc2ccccc2)NC(=O)OC(C)(C)C)C(=O)N[C@@H](CC2CCCCC2)[C@@H](O)C(=O)O1. The summed E-state index contributed by atoms with van der Waals surface area (Å²) < 4.78 is 16.4. The summed E-state index contributed by atoms with van der Waals surface area (Å²) in [6.45, 7) is 6.92.